The molecule has 0 aliphatic heterocycles. The fraction of sp³-hybridized carbons (Fsp3) is 0.667. The molecule has 0 saturated carbocycles. The van der Waals surface area contributed by atoms with E-state index < -0.39 is 12.3 Å². The van der Waals surface area contributed by atoms with Gasteiger partial charge in [-0.25, -0.2) is 0 Å². The molecule has 0 unspecified atom stereocenters. The second kappa shape index (κ2) is 5.04. The predicted molar refractivity (Wildman–Crippen MR) is 62.4 cm³/mol. The van der Waals surface area contributed by atoms with Crippen LogP contribution in [0, 0.1) is 0 Å². The summed E-state index contributed by atoms with van der Waals surface area (Å²) in [5.41, 5.74) is 1.93. The molecule has 1 aliphatic rings. The first-order chi connectivity index (χ1) is 8.50. The zero-order chi connectivity index (χ0) is 13.3. The fourth-order valence-corrected chi connectivity index (χ4v) is 2.40. The van der Waals surface area contributed by atoms with Gasteiger partial charge in [0.15, 0.2) is 0 Å². The van der Waals surface area contributed by atoms with Crippen molar-refractivity contribution in [3.8, 4) is 0 Å². The van der Waals surface area contributed by atoms with Gasteiger partial charge in [0.25, 0.3) is 5.91 Å². The SMILES string of the molecule is CC(C)n1ncc2c1[C@@H](NC(=O)C(F)F)CCC2. The molecular weight excluding hydrogens is 240 g/mol. The minimum atomic E-state index is -2.97. The molecule has 1 aliphatic carbocycles. The largest absolute Gasteiger partial charge is 0.343 e. The molecule has 0 fully saturated rings. The van der Waals surface area contributed by atoms with Gasteiger partial charge in [0, 0.05) is 6.04 Å². The molecule has 1 aromatic heterocycles. The third kappa shape index (κ3) is 2.37. The summed E-state index contributed by atoms with van der Waals surface area (Å²) in [6.07, 6.45) is 1.26. The van der Waals surface area contributed by atoms with Crippen LogP contribution >= 0.6 is 0 Å². The van der Waals surface area contributed by atoms with Crippen LogP contribution in [0.5, 0.6) is 0 Å². The quantitative estimate of drug-likeness (QED) is 0.902. The fourth-order valence-electron chi connectivity index (χ4n) is 2.40. The Hall–Kier alpha value is -1.46. The molecule has 4 nitrogen and oxygen atoms in total. The summed E-state index contributed by atoms with van der Waals surface area (Å²) in [6.45, 7) is 3.96. The first-order valence-electron chi connectivity index (χ1n) is 6.15. The molecule has 1 aromatic rings. The van der Waals surface area contributed by atoms with Gasteiger partial charge >= 0.3 is 6.43 Å². The number of halogens is 2. The van der Waals surface area contributed by atoms with Crippen molar-refractivity contribution in [2.75, 3.05) is 0 Å². The Morgan fingerprint density at radius 1 is 1.56 bits per heavy atom. The van der Waals surface area contributed by atoms with E-state index in [2.05, 4.69) is 10.4 Å². The predicted octanol–water partition coefficient (Wildman–Crippen LogP) is 2.22. The third-order valence-corrected chi connectivity index (χ3v) is 3.19. The molecule has 1 atom stereocenters. The van der Waals surface area contributed by atoms with E-state index in [0.717, 1.165) is 24.1 Å². The normalized spacial score (nSPS) is 19.1. The topological polar surface area (TPSA) is 46.9 Å². The maximum absolute atomic E-state index is 12.3. The molecule has 6 heteroatoms. The summed E-state index contributed by atoms with van der Waals surface area (Å²) in [7, 11) is 0. The third-order valence-electron chi connectivity index (χ3n) is 3.19. The Morgan fingerprint density at radius 2 is 2.28 bits per heavy atom. The summed E-state index contributed by atoms with van der Waals surface area (Å²) in [6, 6.07) is -0.196. The number of nitrogens with one attached hydrogen (secondary N) is 1. The molecule has 1 heterocycles. The summed E-state index contributed by atoms with van der Waals surface area (Å²) >= 11 is 0. The minimum absolute atomic E-state index is 0.151. The van der Waals surface area contributed by atoms with Crippen LogP contribution in [0.15, 0.2) is 6.20 Å². The molecule has 2 rings (SSSR count). The molecule has 0 bridgehead atoms. The summed E-state index contributed by atoms with van der Waals surface area (Å²) in [5.74, 6) is -1.20. The number of hydrogen-bond donors (Lipinski definition) is 1. The van der Waals surface area contributed by atoms with Gasteiger partial charge in [0.05, 0.1) is 17.9 Å². The highest BCUT2D eigenvalue weighted by atomic mass is 19.3. The van der Waals surface area contributed by atoms with Gasteiger partial charge in [0.1, 0.15) is 0 Å². The average molecular weight is 257 g/mol. The van der Waals surface area contributed by atoms with Crippen LogP contribution < -0.4 is 5.32 Å². The van der Waals surface area contributed by atoms with Crippen molar-refractivity contribution in [1.82, 2.24) is 15.1 Å². The molecule has 100 valence electrons. The Morgan fingerprint density at radius 3 is 2.89 bits per heavy atom. The number of hydrogen-bond acceptors (Lipinski definition) is 2. The summed E-state index contributed by atoms with van der Waals surface area (Å²) in [5, 5.41) is 6.68. The number of carbonyl (C=O) groups excluding carboxylic acids is 1. The van der Waals surface area contributed by atoms with Crippen LogP contribution in [0.2, 0.25) is 0 Å². The van der Waals surface area contributed by atoms with Crippen LogP contribution in [-0.2, 0) is 11.2 Å². The molecular formula is C12H17F2N3O. The van der Waals surface area contributed by atoms with Crippen LogP contribution in [0.3, 0.4) is 0 Å². The van der Waals surface area contributed by atoms with Crippen molar-refractivity contribution >= 4 is 5.91 Å². The number of fused-ring (bicyclic) bond motifs is 1. The van der Waals surface area contributed by atoms with E-state index in [0.29, 0.717) is 6.42 Å². The first kappa shape index (κ1) is 13.0. The Kier molecular flexibility index (Phi) is 3.63. The number of carbonyl (C=O) groups is 1. The van der Waals surface area contributed by atoms with Gasteiger partial charge in [-0.15, -0.1) is 0 Å². The minimum Gasteiger partial charge on any atom is -0.343 e. The van der Waals surface area contributed by atoms with Gasteiger partial charge in [-0.05, 0) is 38.7 Å². The highest BCUT2D eigenvalue weighted by Crippen LogP contribution is 2.31. The highest BCUT2D eigenvalue weighted by Gasteiger charge is 2.29. The highest BCUT2D eigenvalue weighted by molar-refractivity contribution is 5.79. The van der Waals surface area contributed by atoms with Crippen molar-refractivity contribution < 1.29 is 13.6 Å². The van der Waals surface area contributed by atoms with E-state index in [9.17, 15) is 13.6 Å². The van der Waals surface area contributed by atoms with Gasteiger partial charge in [-0.1, -0.05) is 0 Å². The zero-order valence-corrected chi connectivity index (χ0v) is 10.5. The number of amides is 1. The van der Waals surface area contributed by atoms with Crippen LogP contribution in [0.4, 0.5) is 8.78 Å². The van der Waals surface area contributed by atoms with Crippen LogP contribution in [-0.4, -0.2) is 22.1 Å². The number of alkyl halides is 2. The smallest absolute Gasteiger partial charge is 0.315 e. The van der Waals surface area contributed by atoms with Gasteiger partial charge in [0.2, 0.25) is 0 Å². The van der Waals surface area contributed by atoms with Gasteiger partial charge in [-0.2, -0.15) is 13.9 Å². The second-order valence-corrected chi connectivity index (χ2v) is 4.85. The van der Waals surface area contributed by atoms with Crippen molar-refractivity contribution in [2.24, 2.45) is 0 Å². The van der Waals surface area contributed by atoms with Crippen molar-refractivity contribution in [3.63, 3.8) is 0 Å². The Labute approximate surface area is 104 Å². The van der Waals surface area contributed by atoms with Crippen LogP contribution in [0.25, 0.3) is 0 Å². The number of aryl methyl sites for hydroxylation is 1. The molecule has 0 aromatic carbocycles. The number of rotatable bonds is 3. The second-order valence-electron chi connectivity index (χ2n) is 4.85. The van der Waals surface area contributed by atoms with E-state index >= 15 is 0 Å². The lowest BCUT2D eigenvalue weighted by Crippen LogP contribution is -2.36. The van der Waals surface area contributed by atoms with Gasteiger partial charge in [-0.3, -0.25) is 9.48 Å². The number of aromatic nitrogens is 2. The van der Waals surface area contributed by atoms with E-state index in [1.165, 1.54) is 0 Å². The standard InChI is InChI=1S/C12H17F2N3O/c1-7(2)17-10-8(6-15-17)4-3-5-9(10)16-12(18)11(13)14/h6-7,9,11H,3-5H2,1-2H3,(H,16,18)/t9-/m0/s1. The first-order valence-corrected chi connectivity index (χ1v) is 6.15. The van der Waals surface area contributed by atoms with Gasteiger partial charge < -0.3 is 5.32 Å². The molecule has 18 heavy (non-hydrogen) atoms. The van der Waals surface area contributed by atoms with E-state index in [1.54, 1.807) is 6.20 Å². The van der Waals surface area contributed by atoms with Crippen molar-refractivity contribution in [2.45, 2.75) is 51.6 Å². The Bertz CT molecular complexity index is 443. The summed E-state index contributed by atoms with van der Waals surface area (Å²) in [4.78, 5) is 11.1. The summed E-state index contributed by atoms with van der Waals surface area (Å²) < 4.78 is 26.4. The van der Waals surface area contributed by atoms with E-state index in [1.807, 2.05) is 18.5 Å². The molecule has 0 spiro atoms. The maximum Gasteiger partial charge on any atom is 0.315 e. The average Bonchev–Trinajstić information content (AvgIpc) is 2.73. The number of nitrogens with zero attached hydrogens (tertiary/aromatic N) is 2. The molecule has 0 radical (unpaired) electrons. The monoisotopic (exact) mass is 257 g/mol. The molecule has 1 N–H and O–H groups in total. The molecule has 1 amide bonds. The lowest BCUT2D eigenvalue weighted by molar-refractivity contribution is -0.132. The zero-order valence-electron chi connectivity index (χ0n) is 10.5. The Balaban J connectivity index is 2.26. The molecule has 0 saturated heterocycles. The van der Waals surface area contributed by atoms with E-state index in [-0.39, 0.29) is 12.1 Å². The lowest BCUT2D eigenvalue weighted by Gasteiger charge is -2.26. The lowest BCUT2D eigenvalue weighted by atomic mass is 9.93. The van der Waals surface area contributed by atoms with Crippen LogP contribution in [0.1, 0.15) is 50.0 Å². The van der Waals surface area contributed by atoms with E-state index in [4.69, 9.17) is 0 Å². The maximum atomic E-state index is 12.3. The van der Waals surface area contributed by atoms with Crippen molar-refractivity contribution in [1.29, 1.82) is 0 Å². The van der Waals surface area contributed by atoms with Crippen molar-refractivity contribution in [3.05, 3.63) is 17.5 Å².